The van der Waals surface area contributed by atoms with Crippen LogP contribution in [0.1, 0.15) is 18.1 Å². The summed E-state index contributed by atoms with van der Waals surface area (Å²) in [5.74, 6) is 1.33. The van der Waals surface area contributed by atoms with Crippen LogP contribution in [0, 0.1) is 13.8 Å². The first kappa shape index (κ1) is 17.1. The van der Waals surface area contributed by atoms with Crippen LogP contribution < -0.4 is 10.1 Å². The number of carbonyl (C=O) groups excluding carboxylic acids is 1. The van der Waals surface area contributed by atoms with Gasteiger partial charge in [0.15, 0.2) is 10.9 Å². The van der Waals surface area contributed by atoms with E-state index in [1.54, 1.807) is 23.9 Å². The minimum Gasteiger partial charge on any atom is -0.483 e. The van der Waals surface area contributed by atoms with Gasteiger partial charge in [-0.05, 0) is 42.9 Å². The van der Waals surface area contributed by atoms with Crippen molar-refractivity contribution in [1.82, 2.24) is 10.2 Å². The van der Waals surface area contributed by atoms with Gasteiger partial charge in [-0.2, -0.15) is 0 Å². The lowest BCUT2D eigenvalue weighted by Crippen LogP contribution is -2.20. The van der Waals surface area contributed by atoms with Crippen molar-refractivity contribution in [3.8, 4) is 5.75 Å². The fourth-order valence-electron chi connectivity index (χ4n) is 1.86. The zero-order valence-electron chi connectivity index (χ0n) is 12.5. The van der Waals surface area contributed by atoms with Crippen LogP contribution in [0.2, 0.25) is 5.02 Å². The molecule has 0 atom stereocenters. The quantitative estimate of drug-likeness (QED) is 0.626. The summed E-state index contributed by atoms with van der Waals surface area (Å²) in [6, 6.07) is 3.61. The summed E-state index contributed by atoms with van der Waals surface area (Å²) in [5.41, 5.74) is 1.80. The van der Waals surface area contributed by atoms with E-state index < -0.39 is 0 Å². The molecule has 5 nitrogen and oxygen atoms in total. The fourth-order valence-corrected chi connectivity index (χ4v) is 3.85. The van der Waals surface area contributed by atoms with Gasteiger partial charge in [-0.25, -0.2) is 0 Å². The Hall–Kier alpha value is -1.31. The highest BCUT2D eigenvalue weighted by molar-refractivity contribution is 8.01. The molecule has 0 saturated carbocycles. The van der Waals surface area contributed by atoms with E-state index >= 15 is 0 Å². The average molecular weight is 358 g/mol. The second-order valence-corrected chi connectivity index (χ2v) is 7.44. The number of carbonyl (C=O) groups is 1. The smallest absolute Gasteiger partial charge is 0.264 e. The van der Waals surface area contributed by atoms with Crippen molar-refractivity contribution in [2.45, 2.75) is 25.1 Å². The number of hydrogen-bond acceptors (Lipinski definition) is 6. The molecule has 0 aliphatic carbocycles. The lowest BCUT2D eigenvalue weighted by Gasteiger charge is -2.12. The molecule has 2 rings (SSSR count). The van der Waals surface area contributed by atoms with E-state index in [-0.39, 0.29) is 12.5 Å². The Bertz CT molecular complexity index is 653. The van der Waals surface area contributed by atoms with Gasteiger partial charge in [-0.15, -0.1) is 10.2 Å². The molecule has 0 aliphatic heterocycles. The monoisotopic (exact) mass is 357 g/mol. The van der Waals surface area contributed by atoms with E-state index in [1.165, 1.54) is 11.3 Å². The number of nitrogens with one attached hydrogen (secondary N) is 1. The summed E-state index contributed by atoms with van der Waals surface area (Å²) in [5, 5.41) is 11.7. The molecular formula is C14H16ClN3O2S2. The van der Waals surface area contributed by atoms with Crippen LogP contribution in [0.3, 0.4) is 0 Å². The molecule has 1 heterocycles. The minimum atomic E-state index is -0.266. The van der Waals surface area contributed by atoms with Crippen LogP contribution in [0.4, 0.5) is 5.13 Å². The number of halogens is 1. The largest absolute Gasteiger partial charge is 0.483 e. The topological polar surface area (TPSA) is 64.1 Å². The first-order valence-corrected chi connectivity index (χ1v) is 8.83. The number of aromatic nitrogens is 2. The Balaban J connectivity index is 1.92. The third kappa shape index (κ3) is 4.59. The Labute approximate surface area is 142 Å². The Morgan fingerprint density at radius 3 is 2.68 bits per heavy atom. The van der Waals surface area contributed by atoms with E-state index in [1.807, 2.05) is 20.8 Å². The number of hydrogen-bond donors (Lipinski definition) is 1. The van der Waals surface area contributed by atoms with E-state index in [9.17, 15) is 4.79 Å². The number of ether oxygens (including phenoxy) is 1. The molecule has 0 spiro atoms. The van der Waals surface area contributed by atoms with Crippen molar-refractivity contribution in [3.63, 3.8) is 0 Å². The molecule has 0 radical (unpaired) electrons. The van der Waals surface area contributed by atoms with Gasteiger partial charge in [-0.1, -0.05) is 41.6 Å². The second-order valence-electron chi connectivity index (χ2n) is 4.51. The number of amides is 1. The van der Waals surface area contributed by atoms with Crippen LogP contribution in [-0.4, -0.2) is 28.5 Å². The first-order chi connectivity index (χ1) is 10.5. The lowest BCUT2D eigenvalue weighted by atomic mass is 10.1. The number of aryl methyl sites for hydroxylation is 2. The van der Waals surface area contributed by atoms with Crippen molar-refractivity contribution >= 4 is 45.7 Å². The third-order valence-corrected chi connectivity index (χ3v) is 4.77. The van der Waals surface area contributed by atoms with Gasteiger partial charge in [0.25, 0.3) is 5.91 Å². The highest BCUT2D eigenvalue weighted by Gasteiger charge is 2.11. The van der Waals surface area contributed by atoms with Crippen molar-refractivity contribution in [2.75, 3.05) is 17.7 Å². The maximum atomic E-state index is 11.9. The molecule has 0 bridgehead atoms. The van der Waals surface area contributed by atoms with Gasteiger partial charge in [0, 0.05) is 5.02 Å². The normalized spacial score (nSPS) is 10.5. The summed E-state index contributed by atoms with van der Waals surface area (Å²) in [7, 11) is 0. The van der Waals surface area contributed by atoms with E-state index in [2.05, 4.69) is 15.5 Å². The number of anilines is 1. The summed E-state index contributed by atoms with van der Waals surface area (Å²) in [6.45, 7) is 5.74. The van der Waals surface area contributed by atoms with Gasteiger partial charge in [0.1, 0.15) is 5.75 Å². The fraction of sp³-hybridized carbons (Fsp3) is 0.357. The Kier molecular flexibility index (Phi) is 6.05. The molecule has 0 saturated heterocycles. The van der Waals surface area contributed by atoms with Crippen LogP contribution >= 0.6 is 34.7 Å². The molecule has 1 aromatic heterocycles. The molecule has 0 aliphatic rings. The zero-order chi connectivity index (χ0) is 16.1. The van der Waals surface area contributed by atoms with Gasteiger partial charge in [0.2, 0.25) is 5.13 Å². The SMILES string of the molecule is CCSc1nnc(NC(=O)COc2c(C)cc(Cl)cc2C)s1. The highest BCUT2D eigenvalue weighted by atomic mass is 35.5. The lowest BCUT2D eigenvalue weighted by molar-refractivity contribution is -0.118. The summed E-state index contributed by atoms with van der Waals surface area (Å²) < 4.78 is 6.43. The van der Waals surface area contributed by atoms with Crippen molar-refractivity contribution < 1.29 is 9.53 Å². The Morgan fingerprint density at radius 2 is 2.05 bits per heavy atom. The third-order valence-electron chi connectivity index (χ3n) is 2.69. The van der Waals surface area contributed by atoms with Gasteiger partial charge in [-0.3, -0.25) is 10.1 Å². The van der Waals surface area contributed by atoms with Crippen molar-refractivity contribution in [2.24, 2.45) is 0 Å². The molecule has 1 aromatic carbocycles. The highest BCUT2D eigenvalue weighted by Crippen LogP contribution is 2.27. The summed E-state index contributed by atoms with van der Waals surface area (Å²) >= 11 is 8.91. The summed E-state index contributed by atoms with van der Waals surface area (Å²) in [4.78, 5) is 11.9. The van der Waals surface area contributed by atoms with E-state index in [0.29, 0.717) is 15.9 Å². The Morgan fingerprint density at radius 1 is 1.36 bits per heavy atom. The number of thioether (sulfide) groups is 1. The van der Waals surface area contributed by atoms with Crippen molar-refractivity contribution in [1.29, 1.82) is 0 Å². The van der Waals surface area contributed by atoms with Crippen LogP contribution in [0.25, 0.3) is 0 Å². The molecule has 22 heavy (non-hydrogen) atoms. The molecule has 0 fully saturated rings. The first-order valence-electron chi connectivity index (χ1n) is 6.65. The molecule has 1 N–H and O–H groups in total. The van der Waals surface area contributed by atoms with Crippen molar-refractivity contribution in [3.05, 3.63) is 28.3 Å². The molecule has 0 unspecified atom stereocenters. The van der Waals surface area contributed by atoms with E-state index in [0.717, 1.165) is 21.2 Å². The van der Waals surface area contributed by atoms with Gasteiger partial charge < -0.3 is 4.74 Å². The van der Waals surface area contributed by atoms with Crippen LogP contribution in [-0.2, 0) is 4.79 Å². The standard InChI is InChI=1S/C14H16ClN3O2S2/c1-4-21-14-18-17-13(22-14)16-11(19)7-20-12-8(2)5-10(15)6-9(12)3/h5-6H,4,7H2,1-3H3,(H,16,17,19). The summed E-state index contributed by atoms with van der Waals surface area (Å²) in [6.07, 6.45) is 0. The average Bonchev–Trinajstić information content (AvgIpc) is 2.85. The predicted octanol–water partition coefficient (Wildman–Crippen LogP) is 3.94. The van der Waals surface area contributed by atoms with E-state index in [4.69, 9.17) is 16.3 Å². The maximum Gasteiger partial charge on any atom is 0.264 e. The molecule has 118 valence electrons. The predicted molar refractivity (Wildman–Crippen MR) is 91.4 cm³/mol. The van der Waals surface area contributed by atoms with Crippen LogP contribution in [0.15, 0.2) is 16.5 Å². The minimum absolute atomic E-state index is 0.0842. The number of rotatable bonds is 6. The molecule has 1 amide bonds. The second kappa shape index (κ2) is 7.80. The zero-order valence-corrected chi connectivity index (χ0v) is 14.9. The van der Waals surface area contributed by atoms with Crippen LogP contribution in [0.5, 0.6) is 5.75 Å². The molecule has 2 aromatic rings. The van der Waals surface area contributed by atoms with Gasteiger partial charge in [0.05, 0.1) is 0 Å². The number of nitrogens with zero attached hydrogens (tertiary/aromatic N) is 2. The number of benzene rings is 1. The maximum absolute atomic E-state index is 11.9. The van der Waals surface area contributed by atoms with Gasteiger partial charge >= 0.3 is 0 Å². The molecular weight excluding hydrogens is 342 g/mol. The molecule has 8 heteroatoms.